The monoisotopic (exact) mass is 378 g/mol. The van der Waals surface area contributed by atoms with Gasteiger partial charge >= 0.3 is 0 Å². The summed E-state index contributed by atoms with van der Waals surface area (Å²) in [6.45, 7) is 3.09. The Morgan fingerprint density at radius 1 is 1.27 bits per heavy atom. The lowest BCUT2D eigenvalue weighted by molar-refractivity contribution is 0.161. The minimum Gasteiger partial charge on any atom is -0.454 e. The standard InChI is InChI=1S/C17H22N4O4S/c1-26(22,23)19-7-5-15-11-20(10-14-4-6-18-21(14)15)9-13-2-3-16-17(8-13)25-12-24-16/h2-4,6,8,15,19H,5,7,9-12H2,1H3/t15-/m1/s1. The van der Waals surface area contributed by atoms with Gasteiger partial charge in [0.2, 0.25) is 16.8 Å². The summed E-state index contributed by atoms with van der Waals surface area (Å²) in [6, 6.07) is 8.17. The van der Waals surface area contributed by atoms with Gasteiger partial charge in [0.05, 0.1) is 18.0 Å². The van der Waals surface area contributed by atoms with Crippen molar-refractivity contribution in [2.24, 2.45) is 0 Å². The van der Waals surface area contributed by atoms with E-state index in [0.29, 0.717) is 13.0 Å². The second-order valence-corrected chi connectivity index (χ2v) is 8.57. The quantitative estimate of drug-likeness (QED) is 0.810. The van der Waals surface area contributed by atoms with Gasteiger partial charge in [-0.3, -0.25) is 9.58 Å². The molecule has 2 aliphatic heterocycles. The Bertz CT molecular complexity index is 896. The molecule has 0 saturated heterocycles. The molecular weight excluding hydrogens is 356 g/mol. The van der Waals surface area contributed by atoms with Crippen molar-refractivity contribution < 1.29 is 17.9 Å². The van der Waals surface area contributed by atoms with Crippen LogP contribution >= 0.6 is 0 Å². The first-order chi connectivity index (χ1) is 12.5. The lowest BCUT2D eigenvalue weighted by Gasteiger charge is -2.34. The topological polar surface area (TPSA) is 85.7 Å². The zero-order valence-corrected chi connectivity index (χ0v) is 15.4. The van der Waals surface area contributed by atoms with Crippen molar-refractivity contribution >= 4 is 10.0 Å². The van der Waals surface area contributed by atoms with Crippen molar-refractivity contribution in [3.63, 3.8) is 0 Å². The van der Waals surface area contributed by atoms with Gasteiger partial charge in [-0.05, 0) is 30.2 Å². The summed E-state index contributed by atoms with van der Waals surface area (Å²) in [5, 5.41) is 4.42. The van der Waals surface area contributed by atoms with E-state index in [4.69, 9.17) is 9.47 Å². The molecule has 1 aromatic carbocycles. The molecule has 140 valence electrons. The first kappa shape index (κ1) is 17.3. The van der Waals surface area contributed by atoms with Crippen LogP contribution in [0.2, 0.25) is 0 Å². The number of nitrogens with zero attached hydrogens (tertiary/aromatic N) is 3. The second-order valence-electron chi connectivity index (χ2n) is 6.73. The maximum atomic E-state index is 11.3. The van der Waals surface area contributed by atoms with Crippen LogP contribution < -0.4 is 14.2 Å². The first-order valence-electron chi connectivity index (χ1n) is 8.56. The third kappa shape index (κ3) is 3.84. The smallest absolute Gasteiger partial charge is 0.231 e. The van der Waals surface area contributed by atoms with Gasteiger partial charge in [-0.25, -0.2) is 13.1 Å². The summed E-state index contributed by atoms with van der Waals surface area (Å²) in [5.41, 5.74) is 2.30. The highest BCUT2D eigenvalue weighted by atomic mass is 32.2. The minimum atomic E-state index is -3.18. The maximum Gasteiger partial charge on any atom is 0.231 e. The molecule has 0 bridgehead atoms. The summed E-state index contributed by atoms with van der Waals surface area (Å²) in [6.07, 6.45) is 3.68. The van der Waals surface area contributed by atoms with Crippen molar-refractivity contribution in [3.05, 3.63) is 41.7 Å². The number of hydrogen-bond donors (Lipinski definition) is 1. The Kier molecular flexibility index (Phi) is 4.60. The largest absolute Gasteiger partial charge is 0.454 e. The molecule has 0 fully saturated rings. The molecule has 2 aromatic rings. The van der Waals surface area contributed by atoms with Crippen LogP contribution in [0.15, 0.2) is 30.5 Å². The fraction of sp³-hybridized carbons (Fsp3) is 0.471. The van der Waals surface area contributed by atoms with E-state index in [1.165, 1.54) is 6.26 Å². The molecule has 2 aliphatic rings. The van der Waals surface area contributed by atoms with E-state index in [-0.39, 0.29) is 12.8 Å². The Hall–Kier alpha value is -2.10. The highest BCUT2D eigenvalue weighted by Crippen LogP contribution is 2.33. The normalized spacial score (nSPS) is 19.5. The van der Waals surface area contributed by atoms with Crippen LogP contribution in [0.5, 0.6) is 11.5 Å². The van der Waals surface area contributed by atoms with Crippen molar-refractivity contribution in [1.82, 2.24) is 19.4 Å². The van der Waals surface area contributed by atoms with Gasteiger partial charge in [-0.2, -0.15) is 5.10 Å². The van der Waals surface area contributed by atoms with Crippen molar-refractivity contribution in [2.45, 2.75) is 25.6 Å². The summed E-state index contributed by atoms with van der Waals surface area (Å²) in [7, 11) is -3.18. The molecule has 1 aromatic heterocycles. The molecule has 0 radical (unpaired) electrons. The van der Waals surface area contributed by atoms with E-state index in [2.05, 4.69) is 20.8 Å². The number of rotatable bonds is 6. The predicted octanol–water partition coefficient (Wildman–Crippen LogP) is 1.11. The van der Waals surface area contributed by atoms with Crippen molar-refractivity contribution in [3.8, 4) is 11.5 Å². The van der Waals surface area contributed by atoms with Gasteiger partial charge in [0.15, 0.2) is 11.5 Å². The first-order valence-corrected chi connectivity index (χ1v) is 10.4. The third-order valence-corrected chi connectivity index (χ3v) is 5.37. The molecule has 4 rings (SSSR count). The molecule has 1 N–H and O–H groups in total. The van der Waals surface area contributed by atoms with Gasteiger partial charge in [-0.1, -0.05) is 6.07 Å². The number of nitrogens with one attached hydrogen (secondary N) is 1. The van der Waals surface area contributed by atoms with Crippen LogP contribution in [0.25, 0.3) is 0 Å². The molecule has 26 heavy (non-hydrogen) atoms. The van der Waals surface area contributed by atoms with Crippen LogP contribution in [0.1, 0.15) is 23.7 Å². The second kappa shape index (κ2) is 6.90. The molecule has 0 aliphatic carbocycles. The average Bonchev–Trinajstić information content (AvgIpc) is 3.21. The van der Waals surface area contributed by atoms with Crippen LogP contribution in [-0.4, -0.2) is 49.2 Å². The van der Waals surface area contributed by atoms with Crippen molar-refractivity contribution in [1.29, 1.82) is 0 Å². The molecule has 1 atom stereocenters. The Morgan fingerprint density at radius 3 is 2.96 bits per heavy atom. The summed E-state index contributed by atoms with van der Waals surface area (Å²) >= 11 is 0. The molecule has 0 saturated carbocycles. The fourth-order valence-electron chi connectivity index (χ4n) is 3.51. The van der Waals surface area contributed by atoms with Crippen LogP contribution in [0.3, 0.4) is 0 Å². The summed E-state index contributed by atoms with van der Waals surface area (Å²) in [5.74, 6) is 1.58. The van der Waals surface area contributed by atoms with E-state index >= 15 is 0 Å². The minimum absolute atomic E-state index is 0.136. The van der Waals surface area contributed by atoms with Gasteiger partial charge < -0.3 is 9.47 Å². The Balaban J connectivity index is 1.45. The molecule has 8 nitrogen and oxygen atoms in total. The Morgan fingerprint density at radius 2 is 2.12 bits per heavy atom. The van der Waals surface area contributed by atoms with Gasteiger partial charge in [-0.15, -0.1) is 0 Å². The molecular formula is C17H22N4O4S. The van der Waals surface area contributed by atoms with Crippen molar-refractivity contribution in [2.75, 3.05) is 26.1 Å². The molecule has 9 heteroatoms. The van der Waals surface area contributed by atoms with E-state index < -0.39 is 10.0 Å². The molecule has 3 heterocycles. The predicted molar refractivity (Wildman–Crippen MR) is 95.4 cm³/mol. The third-order valence-electron chi connectivity index (χ3n) is 4.64. The SMILES string of the molecule is CS(=O)(=O)NCC[C@@H]1CN(Cc2ccc3c(c2)OCO3)Cc2ccnn21. The maximum absolute atomic E-state index is 11.3. The van der Waals surface area contributed by atoms with E-state index in [1.807, 2.05) is 22.9 Å². The number of fused-ring (bicyclic) bond motifs is 2. The van der Waals surface area contributed by atoms with Gasteiger partial charge in [0, 0.05) is 32.4 Å². The zero-order chi connectivity index (χ0) is 18.1. The number of ether oxygens (including phenoxy) is 2. The number of hydrogen-bond acceptors (Lipinski definition) is 6. The molecule has 0 spiro atoms. The summed E-state index contributed by atoms with van der Waals surface area (Å²) in [4.78, 5) is 2.35. The zero-order valence-electron chi connectivity index (χ0n) is 14.6. The fourth-order valence-corrected chi connectivity index (χ4v) is 4.00. The van der Waals surface area contributed by atoms with Gasteiger partial charge in [0.1, 0.15) is 0 Å². The lowest BCUT2D eigenvalue weighted by Crippen LogP contribution is -2.38. The Labute approximate surface area is 152 Å². The lowest BCUT2D eigenvalue weighted by atomic mass is 10.1. The highest BCUT2D eigenvalue weighted by molar-refractivity contribution is 7.88. The van der Waals surface area contributed by atoms with Gasteiger partial charge in [0.25, 0.3) is 0 Å². The molecule has 0 unspecified atom stereocenters. The van der Waals surface area contributed by atoms with E-state index in [9.17, 15) is 8.42 Å². The van der Waals surface area contributed by atoms with E-state index in [0.717, 1.165) is 42.4 Å². The molecule has 0 amide bonds. The summed E-state index contributed by atoms with van der Waals surface area (Å²) < 4.78 is 38.0. The average molecular weight is 378 g/mol. The van der Waals surface area contributed by atoms with E-state index in [1.54, 1.807) is 6.20 Å². The van der Waals surface area contributed by atoms with Crippen LogP contribution in [0.4, 0.5) is 0 Å². The van der Waals surface area contributed by atoms with Crippen LogP contribution in [0, 0.1) is 0 Å². The number of aromatic nitrogens is 2. The van der Waals surface area contributed by atoms with Crippen LogP contribution in [-0.2, 0) is 23.1 Å². The number of benzene rings is 1. The highest BCUT2D eigenvalue weighted by Gasteiger charge is 2.26. The number of sulfonamides is 1.